The molecule has 0 aliphatic carbocycles. The standard InChI is InChI=1S/C12H20F3N3O/c1-2-11(16)6-10-7-17-18(8-10)4-3-5-19-9-12(13,14)15/h7-8,11H,2-6,9,16H2,1H3. The van der Waals surface area contributed by atoms with Crippen LogP contribution in [-0.2, 0) is 17.7 Å². The first-order chi connectivity index (χ1) is 8.90. The van der Waals surface area contributed by atoms with Crippen LogP contribution in [0.3, 0.4) is 0 Å². The van der Waals surface area contributed by atoms with Crippen LogP contribution in [0.15, 0.2) is 12.4 Å². The van der Waals surface area contributed by atoms with Crippen LogP contribution in [0.25, 0.3) is 0 Å². The summed E-state index contributed by atoms with van der Waals surface area (Å²) in [6.07, 6.45) is 1.52. The molecule has 0 spiro atoms. The lowest BCUT2D eigenvalue weighted by atomic mass is 10.1. The molecular formula is C12H20F3N3O. The molecule has 0 radical (unpaired) electrons. The van der Waals surface area contributed by atoms with Gasteiger partial charge in [-0.05, 0) is 24.8 Å². The maximum absolute atomic E-state index is 11.8. The Labute approximate surface area is 110 Å². The molecule has 0 aromatic carbocycles. The van der Waals surface area contributed by atoms with E-state index in [0.29, 0.717) is 13.0 Å². The van der Waals surface area contributed by atoms with Crippen LogP contribution in [0.4, 0.5) is 13.2 Å². The number of alkyl halides is 3. The summed E-state index contributed by atoms with van der Waals surface area (Å²) in [5.74, 6) is 0. The zero-order chi connectivity index (χ0) is 14.3. The second-order valence-electron chi connectivity index (χ2n) is 4.51. The molecule has 0 fully saturated rings. The van der Waals surface area contributed by atoms with Crippen molar-refractivity contribution in [2.24, 2.45) is 5.73 Å². The Hall–Kier alpha value is -1.08. The molecule has 0 aliphatic rings. The smallest absolute Gasteiger partial charge is 0.372 e. The summed E-state index contributed by atoms with van der Waals surface area (Å²) in [6, 6.07) is 0.118. The molecule has 0 aliphatic heterocycles. The summed E-state index contributed by atoms with van der Waals surface area (Å²) < 4.78 is 41.7. The van der Waals surface area contributed by atoms with E-state index < -0.39 is 12.8 Å². The summed E-state index contributed by atoms with van der Waals surface area (Å²) in [6.45, 7) is 1.44. The van der Waals surface area contributed by atoms with Crippen LogP contribution in [0.1, 0.15) is 25.3 Å². The first kappa shape index (κ1) is 16.0. The second-order valence-corrected chi connectivity index (χ2v) is 4.51. The van der Waals surface area contributed by atoms with Crippen LogP contribution >= 0.6 is 0 Å². The van der Waals surface area contributed by atoms with Crippen molar-refractivity contribution in [1.82, 2.24) is 9.78 Å². The van der Waals surface area contributed by atoms with Gasteiger partial charge in [-0.2, -0.15) is 18.3 Å². The first-order valence-corrected chi connectivity index (χ1v) is 6.32. The number of ether oxygens (including phenoxy) is 1. The lowest BCUT2D eigenvalue weighted by Gasteiger charge is -2.07. The molecule has 0 saturated heterocycles. The van der Waals surface area contributed by atoms with E-state index in [-0.39, 0.29) is 12.6 Å². The number of aromatic nitrogens is 2. The summed E-state index contributed by atoms with van der Waals surface area (Å²) in [4.78, 5) is 0. The quantitative estimate of drug-likeness (QED) is 0.742. The van der Waals surface area contributed by atoms with E-state index in [1.54, 1.807) is 10.9 Å². The highest BCUT2D eigenvalue weighted by Crippen LogP contribution is 2.14. The average Bonchev–Trinajstić information content (AvgIpc) is 2.74. The van der Waals surface area contributed by atoms with Crippen molar-refractivity contribution >= 4 is 0 Å². The van der Waals surface area contributed by atoms with Crippen LogP contribution in [0, 0.1) is 0 Å². The van der Waals surface area contributed by atoms with Crippen molar-refractivity contribution in [1.29, 1.82) is 0 Å². The van der Waals surface area contributed by atoms with Gasteiger partial charge in [0, 0.05) is 25.4 Å². The third kappa shape index (κ3) is 7.17. The lowest BCUT2D eigenvalue weighted by Crippen LogP contribution is -2.21. The Morgan fingerprint density at radius 2 is 2.21 bits per heavy atom. The van der Waals surface area contributed by atoms with Crippen molar-refractivity contribution in [2.75, 3.05) is 13.2 Å². The van der Waals surface area contributed by atoms with Gasteiger partial charge in [0.1, 0.15) is 6.61 Å². The third-order valence-electron chi connectivity index (χ3n) is 2.65. The number of hydrogen-bond acceptors (Lipinski definition) is 3. The molecule has 7 heteroatoms. The van der Waals surface area contributed by atoms with Gasteiger partial charge in [-0.1, -0.05) is 6.92 Å². The minimum atomic E-state index is -4.25. The lowest BCUT2D eigenvalue weighted by molar-refractivity contribution is -0.174. The molecule has 0 bridgehead atoms. The molecule has 4 nitrogen and oxygen atoms in total. The van der Waals surface area contributed by atoms with Crippen LogP contribution in [0.5, 0.6) is 0 Å². The normalized spacial score (nSPS) is 13.7. The molecule has 110 valence electrons. The molecule has 0 amide bonds. The fourth-order valence-corrected chi connectivity index (χ4v) is 1.60. The van der Waals surface area contributed by atoms with Gasteiger partial charge in [0.2, 0.25) is 0 Å². The van der Waals surface area contributed by atoms with Crippen molar-refractivity contribution in [3.05, 3.63) is 18.0 Å². The number of halogens is 3. The number of nitrogens with two attached hydrogens (primary N) is 1. The van der Waals surface area contributed by atoms with E-state index in [9.17, 15) is 13.2 Å². The van der Waals surface area contributed by atoms with Gasteiger partial charge >= 0.3 is 6.18 Å². The Bertz CT molecular complexity index is 365. The number of aryl methyl sites for hydroxylation is 1. The molecular weight excluding hydrogens is 259 g/mol. The van der Waals surface area contributed by atoms with Gasteiger partial charge in [0.15, 0.2) is 0 Å². The maximum Gasteiger partial charge on any atom is 0.411 e. The first-order valence-electron chi connectivity index (χ1n) is 6.32. The van der Waals surface area contributed by atoms with E-state index in [1.807, 2.05) is 13.1 Å². The highest BCUT2D eigenvalue weighted by atomic mass is 19.4. The topological polar surface area (TPSA) is 53.1 Å². The molecule has 1 heterocycles. The van der Waals surface area contributed by atoms with Crippen LogP contribution in [0.2, 0.25) is 0 Å². The van der Waals surface area contributed by atoms with E-state index >= 15 is 0 Å². The molecule has 1 aromatic rings. The van der Waals surface area contributed by atoms with Gasteiger partial charge in [-0.15, -0.1) is 0 Å². The highest BCUT2D eigenvalue weighted by molar-refractivity contribution is 5.05. The second kappa shape index (κ2) is 7.49. The van der Waals surface area contributed by atoms with Gasteiger partial charge in [0.25, 0.3) is 0 Å². The van der Waals surface area contributed by atoms with Crippen molar-refractivity contribution in [3.63, 3.8) is 0 Å². The summed E-state index contributed by atoms with van der Waals surface area (Å²) in [7, 11) is 0. The minimum Gasteiger partial charge on any atom is -0.372 e. The molecule has 0 saturated carbocycles. The molecule has 1 atom stereocenters. The SMILES string of the molecule is CCC(N)Cc1cnn(CCCOCC(F)(F)F)c1. The van der Waals surface area contributed by atoms with E-state index in [0.717, 1.165) is 18.4 Å². The summed E-state index contributed by atoms with van der Waals surface area (Å²) in [5, 5.41) is 4.13. The minimum absolute atomic E-state index is 0.0726. The Morgan fingerprint density at radius 1 is 1.47 bits per heavy atom. The van der Waals surface area contributed by atoms with E-state index in [2.05, 4.69) is 9.84 Å². The maximum atomic E-state index is 11.8. The van der Waals surface area contributed by atoms with Crippen molar-refractivity contribution in [3.8, 4) is 0 Å². The molecule has 2 N–H and O–H groups in total. The van der Waals surface area contributed by atoms with Crippen molar-refractivity contribution in [2.45, 2.75) is 44.9 Å². The highest BCUT2D eigenvalue weighted by Gasteiger charge is 2.27. The number of hydrogen-bond donors (Lipinski definition) is 1. The van der Waals surface area contributed by atoms with Gasteiger partial charge in [0.05, 0.1) is 6.20 Å². The van der Waals surface area contributed by atoms with E-state index in [4.69, 9.17) is 5.73 Å². The van der Waals surface area contributed by atoms with Gasteiger partial charge < -0.3 is 10.5 Å². The third-order valence-corrected chi connectivity index (χ3v) is 2.65. The Kier molecular flexibility index (Phi) is 6.30. The fraction of sp³-hybridized carbons (Fsp3) is 0.750. The van der Waals surface area contributed by atoms with Crippen LogP contribution < -0.4 is 5.73 Å². The number of nitrogens with zero attached hydrogens (tertiary/aromatic N) is 2. The van der Waals surface area contributed by atoms with Gasteiger partial charge in [-0.25, -0.2) is 0 Å². The predicted molar refractivity (Wildman–Crippen MR) is 65.7 cm³/mol. The summed E-state index contributed by atoms with van der Waals surface area (Å²) >= 11 is 0. The van der Waals surface area contributed by atoms with E-state index in [1.165, 1.54) is 0 Å². The average molecular weight is 279 g/mol. The molecule has 1 aromatic heterocycles. The molecule has 1 unspecified atom stereocenters. The zero-order valence-corrected chi connectivity index (χ0v) is 11.0. The largest absolute Gasteiger partial charge is 0.411 e. The zero-order valence-electron chi connectivity index (χ0n) is 11.0. The number of rotatable bonds is 8. The van der Waals surface area contributed by atoms with Crippen molar-refractivity contribution < 1.29 is 17.9 Å². The molecule has 19 heavy (non-hydrogen) atoms. The molecule has 1 rings (SSSR count). The van der Waals surface area contributed by atoms with Crippen LogP contribution in [-0.4, -0.2) is 35.2 Å². The monoisotopic (exact) mass is 279 g/mol. The predicted octanol–water partition coefficient (Wildman–Crippen LogP) is 2.13. The summed E-state index contributed by atoms with van der Waals surface area (Å²) in [5.41, 5.74) is 6.88. The fourth-order valence-electron chi connectivity index (χ4n) is 1.60. The van der Waals surface area contributed by atoms with Gasteiger partial charge in [-0.3, -0.25) is 4.68 Å². The Morgan fingerprint density at radius 3 is 2.84 bits per heavy atom. The Balaban J connectivity index is 2.20.